The Labute approximate surface area is 134 Å². The Balaban J connectivity index is 1.87. The van der Waals surface area contributed by atoms with E-state index >= 15 is 0 Å². The van der Waals surface area contributed by atoms with E-state index in [4.69, 9.17) is 11.6 Å². The molecule has 0 saturated heterocycles. The van der Waals surface area contributed by atoms with E-state index in [9.17, 15) is 9.59 Å². The van der Waals surface area contributed by atoms with Gasteiger partial charge in [-0.3, -0.25) is 9.59 Å². The first-order valence-corrected chi connectivity index (χ1v) is 7.27. The zero-order valence-corrected chi connectivity index (χ0v) is 13.0. The summed E-state index contributed by atoms with van der Waals surface area (Å²) in [4.78, 5) is 25.4. The monoisotopic (exact) mass is 316 g/mol. The SMILES string of the molecule is CN(C(=O)CC(=O)NCc1ccccc1Cl)c1ccccc1. The third-order valence-electron chi connectivity index (χ3n) is 3.26. The third-order valence-corrected chi connectivity index (χ3v) is 3.63. The van der Waals surface area contributed by atoms with Gasteiger partial charge in [0.15, 0.2) is 0 Å². The number of amides is 2. The lowest BCUT2D eigenvalue weighted by Gasteiger charge is -2.17. The maximum atomic E-state index is 12.1. The van der Waals surface area contributed by atoms with Crippen molar-refractivity contribution in [2.75, 3.05) is 11.9 Å². The minimum Gasteiger partial charge on any atom is -0.352 e. The molecule has 114 valence electrons. The van der Waals surface area contributed by atoms with E-state index in [1.165, 1.54) is 4.90 Å². The number of carbonyl (C=O) groups excluding carboxylic acids is 2. The van der Waals surface area contributed by atoms with Gasteiger partial charge in [0.1, 0.15) is 6.42 Å². The highest BCUT2D eigenvalue weighted by atomic mass is 35.5. The van der Waals surface area contributed by atoms with Gasteiger partial charge in [0, 0.05) is 24.3 Å². The fourth-order valence-electron chi connectivity index (χ4n) is 1.95. The van der Waals surface area contributed by atoms with E-state index < -0.39 is 0 Å². The zero-order chi connectivity index (χ0) is 15.9. The molecule has 0 aliphatic heterocycles. The Bertz CT molecular complexity index is 659. The fourth-order valence-corrected chi connectivity index (χ4v) is 2.15. The van der Waals surface area contributed by atoms with E-state index in [0.29, 0.717) is 11.6 Å². The van der Waals surface area contributed by atoms with Crippen LogP contribution in [0.25, 0.3) is 0 Å². The number of halogens is 1. The van der Waals surface area contributed by atoms with E-state index in [1.54, 1.807) is 13.1 Å². The molecule has 0 radical (unpaired) electrons. The minimum atomic E-state index is -0.326. The summed E-state index contributed by atoms with van der Waals surface area (Å²) in [5, 5.41) is 3.30. The van der Waals surface area contributed by atoms with Crippen molar-refractivity contribution >= 4 is 29.1 Å². The summed E-state index contributed by atoms with van der Waals surface area (Å²) in [6, 6.07) is 16.5. The standard InChI is InChI=1S/C17H17ClN2O2/c1-20(14-8-3-2-4-9-14)17(22)11-16(21)19-12-13-7-5-6-10-15(13)18/h2-10H,11-12H2,1H3,(H,19,21). The Hall–Kier alpha value is -2.33. The van der Waals surface area contributed by atoms with Gasteiger partial charge < -0.3 is 10.2 Å². The van der Waals surface area contributed by atoms with Crippen molar-refractivity contribution in [1.29, 1.82) is 0 Å². The molecule has 0 atom stereocenters. The first kappa shape index (κ1) is 16.0. The van der Waals surface area contributed by atoms with Crippen LogP contribution >= 0.6 is 11.6 Å². The van der Waals surface area contributed by atoms with Gasteiger partial charge in [0.2, 0.25) is 11.8 Å². The third kappa shape index (κ3) is 4.33. The second-order valence-corrected chi connectivity index (χ2v) is 5.24. The topological polar surface area (TPSA) is 49.4 Å². The lowest BCUT2D eigenvalue weighted by molar-refractivity contribution is -0.127. The Morgan fingerprint density at radius 2 is 1.68 bits per heavy atom. The molecule has 0 saturated carbocycles. The molecular formula is C17H17ClN2O2. The van der Waals surface area contributed by atoms with Crippen LogP contribution in [-0.4, -0.2) is 18.9 Å². The maximum absolute atomic E-state index is 12.1. The first-order chi connectivity index (χ1) is 10.6. The van der Waals surface area contributed by atoms with E-state index in [0.717, 1.165) is 11.3 Å². The van der Waals surface area contributed by atoms with Crippen LogP contribution in [0.15, 0.2) is 54.6 Å². The van der Waals surface area contributed by atoms with Gasteiger partial charge in [0.25, 0.3) is 0 Å². The van der Waals surface area contributed by atoms with Crippen molar-refractivity contribution in [3.63, 3.8) is 0 Å². The molecule has 0 spiro atoms. The van der Waals surface area contributed by atoms with Crippen molar-refractivity contribution in [2.24, 2.45) is 0 Å². The van der Waals surface area contributed by atoms with Gasteiger partial charge in [0.05, 0.1) is 0 Å². The number of nitrogens with one attached hydrogen (secondary N) is 1. The summed E-state index contributed by atoms with van der Waals surface area (Å²) in [7, 11) is 1.65. The van der Waals surface area contributed by atoms with Gasteiger partial charge in [-0.15, -0.1) is 0 Å². The second kappa shape index (κ2) is 7.61. The maximum Gasteiger partial charge on any atom is 0.236 e. The average Bonchev–Trinajstić information content (AvgIpc) is 2.54. The predicted octanol–water partition coefficient (Wildman–Crippen LogP) is 3.01. The molecule has 4 nitrogen and oxygen atoms in total. The van der Waals surface area contributed by atoms with Crippen LogP contribution in [0.4, 0.5) is 5.69 Å². The van der Waals surface area contributed by atoms with Crippen LogP contribution in [0.2, 0.25) is 5.02 Å². The first-order valence-electron chi connectivity index (χ1n) is 6.89. The van der Waals surface area contributed by atoms with Crippen LogP contribution in [0.5, 0.6) is 0 Å². The fraction of sp³-hybridized carbons (Fsp3) is 0.176. The molecule has 2 amide bonds. The number of benzene rings is 2. The highest BCUT2D eigenvalue weighted by molar-refractivity contribution is 6.31. The molecule has 0 bridgehead atoms. The van der Waals surface area contributed by atoms with Gasteiger partial charge in [-0.2, -0.15) is 0 Å². The van der Waals surface area contributed by atoms with Crippen LogP contribution < -0.4 is 10.2 Å². The molecule has 5 heteroatoms. The molecule has 0 fully saturated rings. The molecule has 2 rings (SSSR count). The number of hydrogen-bond acceptors (Lipinski definition) is 2. The van der Waals surface area contributed by atoms with E-state index in [1.807, 2.05) is 48.5 Å². The van der Waals surface area contributed by atoms with Crippen molar-refractivity contribution in [3.8, 4) is 0 Å². The molecule has 0 aliphatic carbocycles. The molecular weight excluding hydrogens is 300 g/mol. The van der Waals surface area contributed by atoms with Crippen molar-refractivity contribution < 1.29 is 9.59 Å². The summed E-state index contributed by atoms with van der Waals surface area (Å²) in [5.41, 5.74) is 1.58. The van der Waals surface area contributed by atoms with Crippen LogP contribution in [0.1, 0.15) is 12.0 Å². The van der Waals surface area contributed by atoms with Crippen LogP contribution in [-0.2, 0) is 16.1 Å². The van der Waals surface area contributed by atoms with Crippen LogP contribution in [0.3, 0.4) is 0 Å². The highest BCUT2D eigenvalue weighted by Crippen LogP contribution is 2.15. The van der Waals surface area contributed by atoms with Crippen molar-refractivity contribution in [1.82, 2.24) is 5.32 Å². The van der Waals surface area contributed by atoms with Crippen molar-refractivity contribution in [2.45, 2.75) is 13.0 Å². The number of carbonyl (C=O) groups is 2. The zero-order valence-electron chi connectivity index (χ0n) is 12.3. The van der Waals surface area contributed by atoms with Gasteiger partial charge >= 0.3 is 0 Å². The van der Waals surface area contributed by atoms with Gasteiger partial charge in [-0.05, 0) is 23.8 Å². The minimum absolute atomic E-state index is 0.199. The number of nitrogens with zero attached hydrogens (tertiary/aromatic N) is 1. The van der Waals surface area contributed by atoms with Gasteiger partial charge in [-0.1, -0.05) is 48.0 Å². The number of anilines is 1. The van der Waals surface area contributed by atoms with Crippen LogP contribution in [0, 0.1) is 0 Å². The smallest absolute Gasteiger partial charge is 0.236 e. The largest absolute Gasteiger partial charge is 0.352 e. The highest BCUT2D eigenvalue weighted by Gasteiger charge is 2.15. The molecule has 0 heterocycles. The molecule has 2 aromatic carbocycles. The summed E-state index contributed by atoms with van der Waals surface area (Å²) >= 11 is 6.02. The predicted molar refractivity (Wildman–Crippen MR) is 87.8 cm³/mol. The summed E-state index contributed by atoms with van der Waals surface area (Å²) in [6.07, 6.45) is -0.199. The van der Waals surface area contributed by atoms with Crippen molar-refractivity contribution in [3.05, 3.63) is 65.2 Å². The number of hydrogen-bond donors (Lipinski definition) is 1. The van der Waals surface area contributed by atoms with E-state index in [2.05, 4.69) is 5.32 Å². The number of rotatable bonds is 5. The molecule has 22 heavy (non-hydrogen) atoms. The molecule has 0 aromatic heterocycles. The summed E-state index contributed by atoms with van der Waals surface area (Å²) in [5.74, 6) is -0.587. The molecule has 2 aromatic rings. The normalized spacial score (nSPS) is 10.1. The Morgan fingerprint density at radius 1 is 1.05 bits per heavy atom. The lowest BCUT2D eigenvalue weighted by atomic mass is 10.2. The summed E-state index contributed by atoms with van der Waals surface area (Å²) < 4.78 is 0. The van der Waals surface area contributed by atoms with E-state index in [-0.39, 0.29) is 18.2 Å². The number of para-hydroxylation sites is 1. The lowest BCUT2D eigenvalue weighted by Crippen LogP contribution is -2.33. The summed E-state index contributed by atoms with van der Waals surface area (Å²) in [6.45, 7) is 0.306. The Kier molecular flexibility index (Phi) is 5.55. The molecule has 1 N–H and O–H groups in total. The molecule has 0 aliphatic rings. The molecule has 0 unspecified atom stereocenters. The Morgan fingerprint density at radius 3 is 2.36 bits per heavy atom. The van der Waals surface area contributed by atoms with Gasteiger partial charge in [-0.25, -0.2) is 0 Å². The quantitative estimate of drug-likeness (QED) is 0.862. The average molecular weight is 317 g/mol. The second-order valence-electron chi connectivity index (χ2n) is 4.83.